The lowest BCUT2D eigenvalue weighted by molar-refractivity contribution is 0.281. The Morgan fingerprint density at radius 3 is 2.68 bits per heavy atom. The fraction of sp³-hybridized carbons (Fsp3) is 0.167. The Bertz CT molecular complexity index is 844. The summed E-state index contributed by atoms with van der Waals surface area (Å²) >= 11 is 3.46. The summed E-state index contributed by atoms with van der Waals surface area (Å²) in [5, 5.41) is 15.6. The van der Waals surface area contributed by atoms with Gasteiger partial charge in [0.25, 0.3) is 0 Å². The van der Waals surface area contributed by atoms with E-state index in [0.717, 1.165) is 15.9 Å². The second-order valence-electron chi connectivity index (χ2n) is 5.54. The van der Waals surface area contributed by atoms with Crippen molar-refractivity contribution in [1.29, 1.82) is 0 Å². The van der Waals surface area contributed by atoms with Crippen LogP contribution in [0.4, 0.5) is 17.5 Å². The predicted octanol–water partition coefficient (Wildman–Crippen LogP) is 3.84. The minimum atomic E-state index is -0.155. The molecule has 3 rings (SSSR count). The Kier molecular flexibility index (Phi) is 5.57. The van der Waals surface area contributed by atoms with Crippen molar-refractivity contribution in [3.05, 3.63) is 59.2 Å². The number of nitrogens with zero attached hydrogens (tertiary/aromatic N) is 3. The van der Waals surface area contributed by atoms with Crippen molar-refractivity contribution >= 4 is 33.4 Å². The first-order valence-corrected chi connectivity index (χ1v) is 8.64. The number of benzene rings is 1. The second-order valence-corrected chi connectivity index (χ2v) is 6.46. The van der Waals surface area contributed by atoms with Crippen LogP contribution < -0.4 is 10.6 Å². The maximum absolute atomic E-state index is 9.27. The number of halogens is 1. The van der Waals surface area contributed by atoms with Crippen LogP contribution in [0.25, 0.3) is 11.4 Å². The molecule has 0 unspecified atom stereocenters. The van der Waals surface area contributed by atoms with E-state index in [4.69, 9.17) is 0 Å². The highest BCUT2D eigenvalue weighted by molar-refractivity contribution is 9.10. The molecule has 1 aromatic carbocycles. The van der Waals surface area contributed by atoms with Gasteiger partial charge in [-0.15, -0.1) is 0 Å². The molecule has 0 aliphatic rings. The lowest BCUT2D eigenvalue weighted by Gasteiger charge is -2.14. The van der Waals surface area contributed by atoms with Crippen LogP contribution in [-0.4, -0.2) is 32.7 Å². The molecule has 0 saturated carbocycles. The summed E-state index contributed by atoms with van der Waals surface area (Å²) < 4.78 is 0.976. The van der Waals surface area contributed by atoms with Crippen LogP contribution in [0.2, 0.25) is 0 Å². The normalized spacial score (nSPS) is 11.8. The minimum Gasteiger partial charge on any atom is -0.394 e. The first-order valence-electron chi connectivity index (χ1n) is 7.84. The molecule has 2 aromatic heterocycles. The third-order valence-electron chi connectivity index (χ3n) is 3.40. The fourth-order valence-corrected chi connectivity index (χ4v) is 2.60. The molecule has 7 heteroatoms. The zero-order chi connectivity index (χ0) is 17.6. The van der Waals surface area contributed by atoms with Crippen molar-refractivity contribution < 1.29 is 5.11 Å². The molecule has 128 valence electrons. The highest BCUT2D eigenvalue weighted by Gasteiger charge is 2.10. The first-order chi connectivity index (χ1) is 12.1. The minimum absolute atomic E-state index is 0.00836. The Hall–Kier alpha value is -2.51. The highest BCUT2D eigenvalue weighted by Crippen LogP contribution is 2.24. The average Bonchev–Trinajstić information content (AvgIpc) is 2.62. The number of hydrogen-bond donors (Lipinski definition) is 3. The van der Waals surface area contributed by atoms with Crippen molar-refractivity contribution in [2.75, 3.05) is 17.2 Å². The van der Waals surface area contributed by atoms with Gasteiger partial charge in [0.15, 0.2) is 0 Å². The molecule has 0 radical (unpaired) electrons. The summed E-state index contributed by atoms with van der Waals surface area (Å²) in [5.74, 6) is 1.07. The zero-order valence-corrected chi connectivity index (χ0v) is 15.2. The maximum atomic E-state index is 9.27. The maximum Gasteiger partial charge on any atom is 0.225 e. The standard InChI is InChI=1S/C18H18BrN5O/c1-12(11-25)21-18-23-16(15-7-2-3-8-20-15)10-17(24-18)22-14-6-4-5-13(19)9-14/h2-10,12,25H,11H2,1H3,(H2,21,22,23,24)/t12-/m1/s1. The molecule has 0 aliphatic heterocycles. The first kappa shape index (κ1) is 17.3. The van der Waals surface area contributed by atoms with Gasteiger partial charge in [-0.2, -0.15) is 4.98 Å². The van der Waals surface area contributed by atoms with Crippen LogP contribution in [0.15, 0.2) is 59.2 Å². The van der Waals surface area contributed by atoms with E-state index in [9.17, 15) is 5.11 Å². The summed E-state index contributed by atoms with van der Waals surface area (Å²) in [6.45, 7) is 1.85. The third-order valence-corrected chi connectivity index (χ3v) is 3.89. The zero-order valence-electron chi connectivity index (χ0n) is 13.6. The molecule has 0 spiro atoms. The number of rotatable bonds is 6. The van der Waals surface area contributed by atoms with Crippen LogP contribution in [0.1, 0.15) is 6.92 Å². The number of hydrogen-bond acceptors (Lipinski definition) is 6. The van der Waals surface area contributed by atoms with Gasteiger partial charge in [0.1, 0.15) is 5.82 Å². The predicted molar refractivity (Wildman–Crippen MR) is 103 cm³/mol. The van der Waals surface area contributed by atoms with Gasteiger partial charge in [-0.3, -0.25) is 4.98 Å². The van der Waals surface area contributed by atoms with Crippen LogP contribution in [-0.2, 0) is 0 Å². The topological polar surface area (TPSA) is 83.0 Å². The fourth-order valence-electron chi connectivity index (χ4n) is 2.20. The molecule has 0 amide bonds. The molecule has 0 bridgehead atoms. The van der Waals surface area contributed by atoms with Crippen LogP contribution >= 0.6 is 15.9 Å². The van der Waals surface area contributed by atoms with Gasteiger partial charge in [0.05, 0.1) is 18.0 Å². The molecule has 6 nitrogen and oxygen atoms in total. The van der Waals surface area contributed by atoms with Crippen molar-refractivity contribution in [2.45, 2.75) is 13.0 Å². The lowest BCUT2D eigenvalue weighted by atomic mass is 10.2. The number of aliphatic hydroxyl groups excluding tert-OH is 1. The van der Waals surface area contributed by atoms with E-state index in [1.807, 2.05) is 55.5 Å². The Labute approximate surface area is 154 Å². The van der Waals surface area contributed by atoms with E-state index in [1.165, 1.54) is 0 Å². The molecule has 3 aromatic rings. The summed E-state index contributed by atoms with van der Waals surface area (Å²) in [5.41, 5.74) is 2.35. The quantitative estimate of drug-likeness (QED) is 0.583. The molecule has 0 fully saturated rings. The third kappa shape index (κ3) is 4.74. The number of nitrogens with one attached hydrogen (secondary N) is 2. The molecule has 2 heterocycles. The molecular weight excluding hydrogens is 382 g/mol. The summed E-state index contributed by atoms with van der Waals surface area (Å²) in [6, 6.07) is 15.2. The molecule has 0 aliphatic carbocycles. The van der Waals surface area contributed by atoms with Gasteiger partial charge in [0, 0.05) is 28.5 Å². The van der Waals surface area contributed by atoms with Crippen molar-refractivity contribution in [3.63, 3.8) is 0 Å². The van der Waals surface area contributed by atoms with Gasteiger partial charge < -0.3 is 15.7 Å². The Morgan fingerprint density at radius 2 is 1.96 bits per heavy atom. The van der Waals surface area contributed by atoms with Crippen LogP contribution in [0.5, 0.6) is 0 Å². The molecule has 1 atom stereocenters. The van der Waals surface area contributed by atoms with E-state index in [2.05, 4.69) is 41.5 Å². The van der Waals surface area contributed by atoms with Crippen molar-refractivity contribution in [1.82, 2.24) is 15.0 Å². The molecular formula is C18H18BrN5O. The highest BCUT2D eigenvalue weighted by atomic mass is 79.9. The van der Waals surface area contributed by atoms with E-state index in [1.54, 1.807) is 6.20 Å². The number of pyridine rings is 1. The van der Waals surface area contributed by atoms with E-state index < -0.39 is 0 Å². The summed E-state index contributed by atoms with van der Waals surface area (Å²) in [7, 11) is 0. The van der Waals surface area contributed by atoms with Crippen molar-refractivity contribution in [2.24, 2.45) is 0 Å². The summed E-state index contributed by atoms with van der Waals surface area (Å²) in [6.07, 6.45) is 1.72. The van der Waals surface area contributed by atoms with Crippen LogP contribution in [0.3, 0.4) is 0 Å². The molecule has 25 heavy (non-hydrogen) atoms. The van der Waals surface area contributed by atoms with E-state index in [-0.39, 0.29) is 12.6 Å². The van der Waals surface area contributed by atoms with Gasteiger partial charge in [-0.05, 0) is 37.3 Å². The second kappa shape index (κ2) is 8.04. The summed E-state index contributed by atoms with van der Waals surface area (Å²) in [4.78, 5) is 13.3. The van der Waals surface area contributed by atoms with Gasteiger partial charge >= 0.3 is 0 Å². The average molecular weight is 400 g/mol. The Morgan fingerprint density at radius 1 is 1.08 bits per heavy atom. The lowest BCUT2D eigenvalue weighted by Crippen LogP contribution is -2.21. The van der Waals surface area contributed by atoms with E-state index in [0.29, 0.717) is 17.5 Å². The van der Waals surface area contributed by atoms with Gasteiger partial charge in [0.2, 0.25) is 5.95 Å². The monoisotopic (exact) mass is 399 g/mol. The van der Waals surface area contributed by atoms with Gasteiger partial charge in [-0.1, -0.05) is 28.1 Å². The van der Waals surface area contributed by atoms with Crippen molar-refractivity contribution in [3.8, 4) is 11.4 Å². The van der Waals surface area contributed by atoms with Gasteiger partial charge in [-0.25, -0.2) is 4.98 Å². The largest absolute Gasteiger partial charge is 0.394 e. The number of aliphatic hydroxyl groups is 1. The smallest absolute Gasteiger partial charge is 0.225 e. The Balaban J connectivity index is 1.97. The SMILES string of the molecule is C[C@H](CO)Nc1nc(Nc2cccc(Br)c2)cc(-c2ccccn2)n1. The molecule has 3 N–H and O–H groups in total. The van der Waals surface area contributed by atoms with Crippen LogP contribution in [0, 0.1) is 0 Å². The number of aromatic nitrogens is 3. The van der Waals surface area contributed by atoms with E-state index >= 15 is 0 Å². The number of anilines is 3. The molecule has 0 saturated heterocycles.